The number of rotatable bonds is 5. The van der Waals surface area contributed by atoms with Gasteiger partial charge in [-0.05, 0) is 48.1 Å². The number of carbonyl (C=O) groups excluding carboxylic acids is 1. The van der Waals surface area contributed by atoms with E-state index in [0.29, 0.717) is 13.0 Å². The van der Waals surface area contributed by atoms with Crippen molar-refractivity contribution in [1.29, 1.82) is 0 Å². The first-order valence-corrected chi connectivity index (χ1v) is 7.29. The third kappa shape index (κ3) is 6.19. The van der Waals surface area contributed by atoms with E-state index in [-0.39, 0.29) is 11.4 Å². The van der Waals surface area contributed by atoms with E-state index in [0.717, 1.165) is 11.0 Å². The highest BCUT2D eigenvalue weighted by Crippen LogP contribution is 2.21. The van der Waals surface area contributed by atoms with Gasteiger partial charge in [0, 0.05) is 34.4 Å². The average molecular weight is 319 g/mol. The lowest BCUT2D eigenvalue weighted by molar-refractivity contribution is -0.122. The molecule has 3 nitrogen and oxygen atoms in total. The van der Waals surface area contributed by atoms with E-state index in [1.165, 1.54) is 4.88 Å². The van der Waals surface area contributed by atoms with E-state index < -0.39 is 0 Å². The van der Waals surface area contributed by atoms with Gasteiger partial charge in [0.25, 0.3) is 0 Å². The van der Waals surface area contributed by atoms with Gasteiger partial charge < -0.3 is 10.6 Å². The molecule has 0 atom stereocenters. The Morgan fingerprint density at radius 1 is 1.47 bits per heavy atom. The van der Waals surface area contributed by atoms with Gasteiger partial charge in [-0.3, -0.25) is 4.79 Å². The molecule has 0 aliphatic rings. The smallest absolute Gasteiger partial charge is 0.221 e. The van der Waals surface area contributed by atoms with Crippen LogP contribution < -0.4 is 10.6 Å². The Kier molecular flexibility index (Phi) is 5.62. The van der Waals surface area contributed by atoms with Crippen LogP contribution >= 0.6 is 27.3 Å². The zero-order valence-electron chi connectivity index (χ0n) is 10.5. The van der Waals surface area contributed by atoms with E-state index in [1.54, 1.807) is 11.3 Å². The molecule has 1 heterocycles. The summed E-state index contributed by atoms with van der Waals surface area (Å²) in [5.74, 6) is 0.0928. The van der Waals surface area contributed by atoms with Gasteiger partial charge in [0.1, 0.15) is 0 Å². The zero-order chi connectivity index (χ0) is 12.9. The van der Waals surface area contributed by atoms with E-state index >= 15 is 0 Å². The summed E-state index contributed by atoms with van der Waals surface area (Å²) in [5, 5.41) is 8.25. The maximum atomic E-state index is 11.5. The van der Waals surface area contributed by atoms with Gasteiger partial charge in [0.2, 0.25) is 5.91 Å². The summed E-state index contributed by atoms with van der Waals surface area (Å²) in [6.07, 6.45) is 0.514. The minimum Gasteiger partial charge on any atom is -0.351 e. The first-order valence-electron chi connectivity index (χ1n) is 5.62. The van der Waals surface area contributed by atoms with Crippen molar-refractivity contribution in [2.24, 2.45) is 0 Å². The third-order valence-corrected chi connectivity index (χ3v) is 3.95. The van der Waals surface area contributed by atoms with Crippen LogP contribution in [0.3, 0.4) is 0 Å². The average Bonchev–Trinajstić information content (AvgIpc) is 2.56. The summed E-state index contributed by atoms with van der Waals surface area (Å²) in [4.78, 5) is 12.8. The number of amides is 1. The Bertz CT molecular complexity index is 371. The van der Waals surface area contributed by atoms with Crippen LogP contribution in [0, 0.1) is 0 Å². The highest BCUT2D eigenvalue weighted by Gasteiger charge is 2.12. The fourth-order valence-electron chi connectivity index (χ4n) is 1.34. The molecule has 0 unspecified atom stereocenters. The summed E-state index contributed by atoms with van der Waals surface area (Å²) in [6.45, 7) is 7.47. The zero-order valence-corrected chi connectivity index (χ0v) is 12.9. The molecule has 1 rings (SSSR count). The molecule has 0 saturated heterocycles. The third-order valence-electron chi connectivity index (χ3n) is 2.02. The van der Waals surface area contributed by atoms with E-state index in [1.807, 2.05) is 32.2 Å². The number of hydrogen-bond donors (Lipinski definition) is 2. The predicted octanol–water partition coefficient (Wildman–Crippen LogP) is 2.91. The quantitative estimate of drug-likeness (QED) is 0.820. The van der Waals surface area contributed by atoms with Gasteiger partial charge >= 0.3 is 0 Å². The van der Waals surface area contributed by atoms with Crippen molar-refractivity contribution in [3.8, 4) is 0 Å². The van der Waals surface area contributed by atoms with Crippen molar-refractivity contribution in [2.45, 2.75) is 39.3 Å². The van der Waals surface area contributed by atoms with Crippen LogP contribution in [0.15, 0.2) is 15.9 Å². The summed E-state index contributed by atoms with van der Waals surface area (Å²) >= 11 is 5.19. The second kappa shape index (κ2) is 6.52. The van der Waals surface area contributed by atoms with Crippen LogP contribution in [0.1, 0.15) is 32.1 Å². The molecule has 0 radical (unpaired) electrons. The molecule has 0 aliphatic carbocycles. The van der Waals surface area contributed by atoms with Crippen molar-refractivity contribution < 1.29 is 4.79 Å². The molecule has 1 amide bonds. The van der Waals surface area contributed by atoms with Crippen LogP contribution in [0.5, 0.6) is 0 Å². The lowest BCUT2D eigenvalue weighted by Gasteiger charge is -2.20. The lowest BCUT2D eigenvalue weighted by atomic mass is 10.1. The molecule has 0 spiro atoms. The van der Waals surface area contributed by atoms with Gasteiger partial charge in [0.15, 0.2) is 0 Å². The molecule has 0 fully saturated rings. The van der Waals surface area contributed by atoms with E-state index in [9.17, 15) is 4.79 Å². The standard InChI is InChI=1S/C12H19BrN2OS/c1-12(2,3)15-11(16)4-6-14-8-10-9(13)5-7-17-10/h5,7,14H,4,6,8H2,1-3H3,(H,15,16). The largest absolute Gasteiger partial charge is 0.351 e. The Morgan fingerprint density at radius 3 is 2.71 bits per heavy atom. The molecule has 0 aliphatic heterocycles. The fourth-order valence-corrected chi connectivity index (χ4v) is 2.80. The second-order valence-corrected chi connectivity index (χ2v) is 6.77. The number of hydrogen-bond acceptors (Lipinski definition) is 3. The van der Waals surface area contributed by atoms with Crippen molar-refractivity contribution in [3.05, 3.63) is 20.8 Å². The first kappa shape index (κ1) is 14.7. The Morgan fingerprint density at radius 2 is 2.18 bits per heavy atom. The number of thiophene rings is 1. The molecular weight excluding hydrogens is 300 g/mol. The molecular formula is C12H19BrN2OS. The Balaban J connectivity index is 2.17. The van der Waals surface area contributed by atoms with Crippen molar-refractivity contribution in [2.75, 3.05) is 6.54 Å². The molecule has 96 valence electrons. The lowest BCUT2D eigenvalue weighted by Crippen LogP contribution is -2.41. The first-order chi connectivity index (χ1) is 7.88. The summed E-state index contributed by atoms with van der Waals surface area (Å²) in [7, 11) is 0. The molecule has 0 aromatic carbocycles. The molecule has 5 heteroatoms. The van der Waals surface area contributed by atoms with Crippen molar-refractivity contribution in [1.82, 2.24) is 10.6 Å². The molecule has 0 saturated carbocycles. The van der Waals surface area contributed by atoms with E-state index in [4.69, 9.17) is 0 Å². The highest BCUT2D eigenvalue weighted by atomic mass is 79.9. The van der Waals surface area contributed by atoms with Crippen LogP contribution in [-0.4, -0.2) is 18.0 Å². The second-order valence-electron chi connectivity index (χ2n) is 4.92. The van der Waals surface area contributed by atoms with Crippen molar-refractivity contribution in [3.63, 3.8) is 0 Å². The molecule has 17 heavy (non-hydrogen) atoms. The summed E-state index contributed by atoms with van der Waals surface area (Å²) in [6, 6.07) is 2.04. The van der Waals surface area contributed by atoms with Gasteiger partial charge in [0.05, 0.1) is 0 Å². The maximum Gasteiger partial charge on any atom is 0.221 e. The van der Waals surface area contributed by atoms with Crippen molar-refractivity contribution >= 4 is 33.2 Å². The number of carbonyl (C=O) groups is 1. The van der Waals surface area contributed by atoms with Crippen LogP contribution in [0.4, 0.5) is 0 Å². The minimum atomic E-state index is -0.145. The summed E-state index contributed by atoms with van der Waals surface area (Å²) in [5.41, 5.74) is -0.145. The van der Waals surface area contributed by atoms with Crippen LogP contribution in [0.25, 0.3) is 0 Å². The van der Waals surface area contributed by atoms with Gasteiger partial charge in [-0.2, -0.15) is 0 Å². The SMILES string of the molecule is CC(C)(C)NC(=O)CCNCc1sccc1Br. The number of halogens is 1. The van der Waals surface area contributed by atoms with Crippen LogP contribution in [0.2, 0.25) is 0 Å². The molecule has 1 aromatic rings. The Hall–Kier alpha value is -0.390. The van der Waals surface area contributed by atoms with E-state index in [2.05, 4.69) is 26.6 Å². The normalized spacial score (nSPS) is 11.5. The highest BCUT2D eigenvalue weighted by molar-refractivity contribution is 9.10. The fraction of sp³-hybridized carbons (Fsp3) is 0.583. The molecule has 1 aromatic heterocycles. The summed E-state index contributed by atoms with van der Waals surface area (Å²) < 4.78 is 1.13. The van der Waals surface area contributed by atoms with Crippen LogP contribution in [-0.2, 0) is 11.3 Å². The predicted molar refractivity (Wildman–Crippen MR) is 76.2 cm³/mol. The topological polar surface area (TPSA) is 41.1 Å². The maximum absolute atomic E-state index is 11.5. The van der Waals surface area contributed by atoms with Gasteiger partial charge in [-0.25, -0.2) is 0 Å². The Labute approximate surface area is 115 Å². The molecule has 2 N–H and O–H groups in total. The monoisotopic (exact) mass is 318 g/mol. The van der Waals surface area contributed by atoms with Gasteiger partial charge in [-0.1, -0.05) is 0 Å². The minimum absolute atomic E-state index is 0.0928. The van der Waals surface area contributed by atoms with Gasteiger partial charge in [-0.15, -0.1) is 11.3 Å². The molecule has 0 bridgehead atoms. The number of nitrogens with one attached hydrogen (secondary N) is 2.